The van der Waals surface area contributed by atoms with Gasteiger partial charge in [0.15, 0.2) is 11.6 Å². The van der Waals surface area contributed by atoms with Crippen LogP contribution in [0.5, 0.6) is 0 Å². The molecule has 8 heteroatoms. The molecule has 0 bridgehead atoms. The van der Waals surface area contributed by atoms with Crippen molar-refractivity contribution >= 4 is 119 Å². The number of hydrogen-bond acceptors (Lipinski definition) is 6. The summed E-state index contributed by atoms with van der Waals surface area (Å²) in [5.74, 6) is 2.54. The molecule has 0 N–H and O–H groups in total. The lowest BCUT2D eigenvalue weighted by atomic mass is 9.90. The van der Waals surface area contributed by atoms with E-state index in [1.54, 1.807) is 12.4 Å². The molecule has 5 aromatic heterocycles. The minimum Gasteiger partial charge on any atom is -0.278 e. The SMILES string of the molecule is c1ccc(-c2cc(-c3ccc4c5c(cccc35)-c3cc5ccccc5cc3-4)cc3ccncc23)cc1.c1ccc2cc3c(cc2c1)-c1cccc2c(-c4nc(-n5c6ccccc6c6ccccc65)nc(-n5c6ccccc6c6ccccc65)n4)ccc-3c12.c1cnc(-c2ccc3c(-c4cccc(-c5ccc6c7c(cccc57)-c5ccccc5-6)c4)cccc3c2)nc1. The molecule has 0 fully saturated rings. The Bertz CT molecular complexity index is 8560. The van der Waals surface area contributed by atoms with Crippen LogP contribution in [-0.2, 0) is 0 Å². The van der Waals surface area contributed by atoms with Crippen molar-refractivity contribution in [3.05, 3.63) is 425 Å². The molecular formula is C118H70N8. The second-order valence-electron chi connectivity index (χ2n) is 33.1. The Hall–Kier alpha value is -16.9. The standard InChI is InChI=1S/C47H27N5.C36H22N2.C35H21N/c1-2-13-29-27-39-36-24-25-37(34-18-11-19-35(44(34)36)38(39)26-28(29)12-1)45-48-46(51-40-20-7-3-14-30(40)31-15-4-8-21-41(31)51)50-47(49-45)52-42-22-9-5-16-32(42)33-17-6-10-23-43(33)52;1-2-11-31-30(10-1)33-14-5-13-32-29(17-18-34(31)35(32)33)24-8-3-7-23(21-24)27-12-4-9-25-22-26(15-16-28(25)27)36-37-19-6-20-38-36;1-2-7-22(8-3-1)31-20-26(17-25-15-16-36-21-34(25)31)27-13-14-30-33-19-24-10-5-4-9-23(24)18-32(33)29-12-6-11-28(27)35(29)30/h1-27H;1-22H;1-21H. The Morgan fingerprint density at radius 3 is 1.06 bits per heavy atom. The number of aromatic nitrogens is 8. The summed E-state index contributed by atoms with van der Waals surface area (Å²) in [6.07, 6.45) is 7.44. The van der Waals surface area contributed by atoms with Crippen LogP contribution in [-0.4, -0.2) is 39.0 Å². The molecule has 3 aliphatic carbocycles. The third-order valence-electron chi connectivity index (χ3n) is 26.3. The number of para-hydroxylation sites is 4. The largest absolute Gasteiger partial charge is 0.278 e. The molecule has 0 radical (unpaired) electrons. The molecule has 0 amide bonds. The zero-order valence-corrected chi connectivity index (χ0v) is 68.0. The highest BCUT2D eigenvalue weighted by Gasteiger charge is 2.30. The fourth-order valence-corrected chi connectivity index (χ4v) is 20.7. The number of fused-ring (bicyclic) bond motifs is 19. The van der Waals surface area contributed by atoms with E-state index in [0.717, 1.165) is 65.9 Å². The van der Waals surface area contributed by atoms with Crippen LogP contribution < -0.4 is 0 Å². The van der Waals surface area contributed by atoms with Crippen molar-refractivity contribution in [3.8, 4) is 146 Å². The van der Waals surface area contributed by atoms with Crippen LogP contribution in [0.1, 0.15) is 0 Å². The van der Waals surface area contributed by atoms with Gasteiger partial charge in [0, 0.05) is 62.8 Å². The monoisotopic (exact) mass is 1600 g/mol. The predicted octanol–water partition coefficient (Wildman–Crippen LogP) is 30.6. The van der Waals surface area contributed by atoms with Gasteiger partial charge in [-0.2, -0.15) is 15.0 Å². The molecule has 0 spiro atoms. The summed E-state index contributed by atoms with van der Waals surface area (Å²) >= 11 is 0. The molecule has 3 aliphatic rings. The number of nitrogens with zero attached hydrogens (tertiary/aromatic N) is 8. The van der Waals surface area contributed by atoms with Gasteiger partial charge in [0.25, 0.3) is 0 Å². The number of benzene rings is 20. The Morgan fingerprint density at radius 2 is 0.532 bits per heavy atom. The van der Waals surface area contributed by atoms with E-state index >= 15 is 0 Å². The van der Waals surface area contributed by atoms with Crippen molar-refractivity contribution < 1.29 is 0 Å². The average Bonchev–Trinajstić information content (AvgIpc) is 1.35. The van der Waals surface area contributed by atoms with Crippen LogP contribution in [0.3, 0.4) is 0 Å². The van der Waals surface area contributed by atoms with Gasteiger partial charge in [-0.05, 0) is 272 Å². The summed E-state index contributed by atoms with van der Waals surface area (Å²) in [6.45, 7) is 0. The summed E-state index contributed by atoms with van der Waals surface area (Å²) in [4.78, 5) is 29.4. The molecule has 582 valence electrons. The smallest absolute Gasteiger partial charge is 0.240 e. The van der Waals surface area contributed by atoms with Crippen LogP contribution in [0.25, 0.3) is 265 Å². The maximum absolute atomic E-state index is 5.37. The topological polar surface area (TPSA) is 87.2 Å². The lowest BCUT2D eigenvalue weighted by Gasteiger charge is -2.14. The van der Waals surface area contributed by atoms with Crippen LogP contribution in [0, 0.1) is 0 Å². The molecular weight excluding hydrogens is 1530 g/mol. The molecule has 8 nitrogen and oxygen atoms in total. The van der Waals surface area contributed by atoms with Crippen molar-refractivity contribution in [3.63, 3.8) is 0 Å². The van der Waals surface area contributed by atoms with E-state index in [1.807, 2.05) is 18.5 Å². The normalized spacial score (nSPS) is 12.0. The molecule has 0 saturated carbocycles. The first kappa shape index (κ1) is 70.9. The van der Waals surface area contributed by atoms with Gasteiger partial charge in [-0.1, -0.05) is 309 Å². The molecule has 0 unspecified atom stereocenters. The quantitative estimate of drug-likeness (QED) is 0.151. The first-order valence-electron chi connectivity index (χ1n) is 42.9. The molecule has 20 aromatic carbocycles. The number of hydrogen-bond donors (Lipinski definition) is 0. The van der Waals surface area contributed by atoms with Gasteiger partial charge in [-0.15, -0.1) is 0 Å². The summed E-state index contributed by atoms with van der Waals surface area (Å²) in [6, 6.07) is 144. The van der Waals surface area contributed by atoms with Gasteiger partial charge in [-0.25, -0.2) is 9.97 Å². The van der Waals surface area contributed by atoms with Crippen molar-refractivity contribution in [1.29, 1.82) is 0 Å². The van der Waals surface area contributed by atoms with Crippen molar-refractivity contribution in [2.75, 3.05) is 0 Å². The highest BCUT2D eigenvalue weighted by atomic mass is 15.3. The van der Waals surface area contributed by atoms with Crippen molar-refractivity contribution in [2.24, 2.45) is 0 Å². The highest BCUT2D eigenvalue weighted by Crippen LogP contribution is 2.55. The molecule has 0 aliphatic heterocycles. The van der Waals surface area contributed by atoms with E-state index in [0.29, 0.717) is 17.7 Å². The van der Waals surface area contributed by atoms with Crippen LogP contribution in [0.15, 0.2) is 425 Å². The molecule has 0 atom stereocenters. The van der Waals surface area contributed by atoms with E-state index in [-0.39, 0.29) is 0 Å². The Morgan fingerprint density at radius 1 is 0.167 bits per heavy atom. The minimum absolute atomic E-state index is 0.581. The fraction of sp³-hybridized carbons (Fsp3) is 0. The van der Waals surface area contributed by atoms with E-state index in [1.165, 1.54) is 181 Å². The van der Waals surface area contributed by atoms with E-state index in [4.69, 9.17) is 15.0 Å². The Balaban J connectivity index is 0.000000103. The average molecular weight is 1600 g/mol. The number of pyridine rings is 1. The highest BCUT2D eigenvalue weighted by molar-refractivity contribution is 6.24. The van der Waals surface area contributed by atoms with Gasteiger partial charge in [0.05, 0.1) is 22.1 Å². The number of rotatable bonds is 8. The Kier molecular flexibility index (Phi) is 15.9. The second kappa shape index (κ2) is 28.3. The zero-order valence-electron chi connectivity index (χ0n) is 68.0. The van der Waals surface area contributed by atoms with Crippen LogP contribution in [0.2, 0.25) is 0 Å². The van der Waals surface area contributed by atoms with E-state index in [9.17, 15) is 0 Å². The second-order valence-corrected chi connectivity index (χ2v) is 33.1. The van der Waals surface area contributed by atoms with Gasteiger partial charge in [-0.3, -0.25) is 14.1 Å². The summed E-state index contributed by atoms with van der Waals surface area (Å²) in [7, 11) is 0. The van der Waals surface area contributed by atoms with Crippen molar-refractivity contribution in [1.82, 2.24) is 39.0 Å². The fourth-order valence-electron chi connectivity index (χ4n) is 20.7. The first-order valence-corrected chi connectivity index (χ1v) is 42.9. The van der Waals surface area contributed by atoms with E-state index < -0.39 is 0 Å². The minimum atomic E-state index is 0.581. The molecule has 5 heterocycles. The van der Waals surface area contributed by atoms with Crippen molar-refractivity contribution in [2.45, 2.75) is 0 Å². The summed E-state index contributed by atoms with van der Waals surface area (Å²) in [5.41, 5.74) is 31.8. The first-order chi connectivity index (χ1) is 62.5. The van der Waals surface area contributed by atoms with Gasteiger partial charge in [0.1, 0.15) is 0 Å². The molecule has 126 heavy (non-hydrogen) atoms. The maximum Gasteiger partial charge on any atom is 0.240 e. The third kappa shape index (κ3) is 11.1. The summed E-state index contributed by atoms with van der Waals surface area (Å²) in [5, 5.41) is 22.2. The molecule has 0 saturated heterocycles. The lowest BCUT2D eigenvalue weighted by molar-refractivity contribution is 0.893. The van der Waals surface area contributed by atoms with E-state index in [2.05, 4.69) is 418 Å². The van der Waals surface area contributed by atoms with Crippen LogP contribution in [0.4, 0.5) is 0 Å². The molecule has 28 rings (SSSR count). The van der Waals surface area contributed by atoms with Gasteiger partial charge in [0.2, 0.25) is 11.9 Å². The molecule has 25 aromatic rings. The lowest BCUT2D eigenvalue weighted by Crippen LogP contribution is -2.10. The summed E-state index contributed by atoms with van der Waals surface area (Å²) < 4.78 is 4.38. The van der Waals surface area contributed by atoms with Gasteiger partial charge >= 0.3 is 0 Å². The Labute approximate surface area is 724 Å². The van der Waals surface area contributed by atoms with Gasteiger partial charge < -0.3 is 0 Å². The van der Waals surface area contributed by atoms with Crippen LogP contribution >= 0.6 is 0 Å². The zero-order chi connectivity index (χ0) is 82.6. The maximum atomic E-state index is 5.37. The predicted molar refractivity (Wildman–Crippen MR) is 523 cm³/mol. The third-order valence-corrected chi connectivity index (χ3v) is 26.3.